The lowest BCUT2D eigenvalue weighted by Gasteiger charge is -2.53. The van der Waals surface area contributed by atoms with Gasteiger partial charge in [0.1, 0.15) is 11.1 Å². The fourth-order valence-electron chi connectivity index (χ4n) is 10.1. The van der Waals surface area contributed by atoms with Gasteiger partial charge in [0.25, 0.3) is 23.3 Å². The molecule has 17 nitrogen and oxygen atoms in total. The largest absolute Gasteiger partial charge is 0.478 e. The molecule has 2 aromatic heterocycles. The quantitative estimate of drug-likeness (QED) is 0.183. The Morgan fingerprint density at radius 2 is 1.68 bits per heavy atom. The second-order valence-electron chi connectivity index (χ2n) is 17.7. The third kappa shape index (κ3) is 8.19. The highest BCUT2D eigenvalue weighted by atomic mass is 35.5. The van der Waals surface area contributed by atoms with E-state index >= 15 is 0 Å². The van der Waals surface area contributed by atoms with Crippen molar-refractivity contribution in [3.05, 3.63) is 75.2 Å². The topological polar surface area (TPSA) is 191 Å². The maximum Gasteiger partial charge on any atom is 0.293 e. The van der Waals surface area contributed by atoms with Gasteiger partial charge in [-0.05, 0) is 99.7 Å². The minimum absolute atomic E-state index is 0.0882. The number of fused-ring (bicyclic) bond motifs is 2. The van der Waals surface area contributed by atoms with Crippen LogP contribution in [0.5, 0.6) is 5.75 Å². The number of amides is 5. The lowest BCUT2D eigenvalue weighted by atomic mass is 9.57. The van der Waals surface area contributed by atoms with Crippen LogP contribution in [0.1, 0.15) is 79.1 Å². The van der Waals surface area contributed by atoms with E-state index in [0.717, 1.165) is 85.8 Å². The average Bonchev–Trinajstić information content (AvgIpc) is 3.51. The van der Waals surface area contributed by atoms with Crippen LogP contribution in [0.25, 0.3) is 10.9 Å². The van der Waals surface area contributed by atoms with E-state index in [0.29, 0.717) is 39.2 Å². The molecule has 18 heteroatoms. The van der Waals surface area contributed by atoms with E-state index in [9.17, 15) is 28.8 Å². The molecule has 3 N–H and O–H groups in total. The van der Waals surface area contributed by atoms with Crippen molar-refractivity contribution in [1.29, 1.82) is 0 Å². The summed E-state index contributed by atoms with van der Waals surface area (Å²) in [5, 5.41) is 9.24. The number of hydrogen-bond acceptors (Lipinski definition) is 13. The van der Waals surface area contributed by atoms with Crippen LogP contribution < -0.4 is 36.0 Å². The summed E-state index contributed by atoms with van der Waals surface area (Å²) in [7, 11) is 1.51. The zero-order chi connectivity index (χ0) is 44.2. The molecule has 1 saturated carbocycles. The summed E-state index contributed by atoms with van der Waals surface area (Å²) in [6.07, 6.45) is 6.38. The highest BCUT2D eigenvalue weighted by Gasteiger charge is 2.47. The van der Waals surface area contributed by atoms with Gasteiger partial charge < -0.3 is 29.7 Å². The van der Waals surface area contributed by atoms with Crippen molar-refractivity contribution in [2.24, 2.45) is 11.3 Å². The molecular weight excluding hydrogens is 828 g/mol. The first-order valence-electron chi connectivity index (χ1n) is 21.7. The van der Waals surface area contributed by atoms with Crippen molar-refractivity contribution < 1.29 is 28.7 Å². The number of nitrogens with zero attached hydrogens (tertiary/aromatic N) is 7. The molecule has 4 aliphatic heterocycles. The van der Waals surface area contributed by atoms with Crippen LogP contribution in [0, 0.1) is 11.3 Å². The molecule has 9 rings (SSSR count). The Hall–Kier alpha value is -6.07. The molecule has 6 heterocycles. The zero-order valence-corrected chi connectivity index (χ0v) is 36.4. The molecular formula is C45H51ClN10O7. The van der Waals surface area contributed by atoms with E-state index in [1.165, 1.54) is 19.9 Å². The summed E-state index contributed by atoms with van der Waals surface area (Å²) in [5.41, 5.74) is 2.96. The summed E-state index contributed by atoms with van der Waals surface area (Å²) in [5.74, 6) is -0.478. The molecule has 1 aliphatic carbocycles. The Morgan fingerprint density at radius 3 is 2.40 bits per heavy atom. The number of likely N-dealkylation sites (N-methyl/N-ethyl adjacent to an activating group) is 1. The van der Waals surface area contributed by atoms with Crippen LogP contribution in [0.15, 0.2) is 53.5 Å². The first kappa shape index (κ1) is 42.2. The molecule has 5 amide bonds. The number of halogens is 1. The van der Waals surface area contributed by atoms with Crippen molar-refractivity contribution in [3.63, 3.8) is 0 Å². The lowest BCUT2D eigenvalue weighted by molar-refractivity contribution is -0.136. The third-order valence-corrected chi connectivity index (χ3v) is 13.7. The molecule has 3 saturated heterocycles. The predicted molar refractivity (Wildman–Crippen MR) is 237 cm³/mol. The van der Waals surface area contributed by atoms with Crippen LogP contribution in [0.3, 0.4) is 0 Å². The maximum absolute atomic E-state index is 13.4. The van der Waals surface area contributed by atoms with Gasteiger partial charge in [0.05, 0.1) is 22.8 Å². The van der Waals surface area contributed by atoms with Crippen LogP contribution in [-0.2, 0) is 14.4 Å². The van der Waals surface area contributed by atoms with Crippen LogP contribution in [-0.4, -0.2) is 119 Å². The number of aromatic nitrogens is 3. The number of ether oxygens (including phenoxy) is 1. The second kappa shape index (κ2) is 16.9. The van der Waals surface area contributed by atoms with E-state index < -0.39 is 29.7 Å². The van der Waals surface area contributed by atoms with Gasteiger partial charge >= 0.3 is 0 Å². The molecule has 4 aromatic rings. The highest BCUT2D eigenvalue weighted by molar-refractivity contribution is 6.33. The minimum Gasteiger partial charge on any atom is -0.478 e. The molecule has 4 fully saturated rings. The number of benzene rings is 2. The van der Waals surface area contributed by atoms with Crippen LogP contribution in [0.2, 0.25) is 5.02 Å². The number of carbonyl (C=O) groups excluding carboxylic acids is 5. The van der Waals surface area contributed by atoms with Crippen molar-refractivity contribution in [1.82, 2.24) is 35.0 Å². The van der Waals surface area contributed by atoms with Gasteiger partial charge in [-0.1, -0.05) is 11.6 Å². The number of hydrogen-bond donors (Lipinski definition) is 3. The lowest BCUT2D eigenvalue weighted by Crippen LogP contribution is -2.54. The molecule has 1 spiro atoms. The summed E-state index contributed by atoms with van der Waals surface area (Å²) < 4.78 is 7.27. The molecule has 1 unspecified atom stereocenters. The number of piperidine rings is 2. The number of imide groups is 2. The molecule has 0 radical (unpaired) electrons. The summed E-state index contributed by atoms with van der Waals surface area (Å²) in [4.78, 5) is 93.2. The normalized spacial score (nSPS) is 20.3. The molecule has 2 aromatic carbocycles. The maximum atomic E-state index is 13.4. The summed E-state index contributed by atoms with van der Waals surface area (Å²) in [6.45, 7) is 9.77. The van der Waals surface area contributed by atoms with E-state index in [4.69, 9.17) is 21.3 Å². The van der Waals surface area contributed by atoms with Gasteiger partial charge in [-0.25, -0.2) is 4.98 Å². The van der Waals surface area contributed by atoms with Crippen molar-refractivity contribution in [3.8, 4) is 5.75 Å². The van der Waals surface area contributed by atoms with Crippen LogP contribution in [0.4, 0.5) is 23.1 Å². The number of anilines is 4. The van der Waals surface area contributed by atoms with Gasteiger partial charge in [0.2, 0.25) is 17.8 Å². The van der Waals surface area contributed by atoms with Crippen LogP contribution >= 0.6 is 11.6 Å². The van der Waals surface area contributed by atoms with E-state index in [1.807, 2.05) is 38.1 Å². The molecule has 1 atom stereocenters. The SMILES string of the molecule is CNC(=O)COc1cc2cc(Nc3nc(N4CCC5(CC4)CC(CN4CCN(c6ccc7c(c6)C(=O)N(C6CCC(=O)NC6=O)C7=O)CC4)C5)ncc3Cl)ccc2n(C(C)C)c1=O. The summed E-state index contributed by atoms with van der Waals surface area (Å²) >= 11 is 6.62. The number of carbonyl (C=O) groups is 5. The monoisotopic (exact) mass is 878 g/mol. The van der Waals surface area contributed by atoms with Gasteiger partial charge in [-0.2, -0.15) is 4.98 Å². The summed E-state index contributed by atoms with van der Waals surface area (Å²) in [6, 6.07) is 11.5. The first-order valence-corrected chi connectivity index (χ1v) is 22.1. The van der Waals surface area contributed by atoms with Gasteiger partial charge in [0, 0.05) is 82.1 Å². The highest BCUT2D eigenvalue weighted by Crippen LogP contribution is 2.53. The van der Waals surface area contributed by atoms with Gasteiger partial charge in [-0.15, -0.1) is 0 Å². The van der Waals surface area contributed by atoms with Gasteiger partial charge in [-0.3, -0.25) is 43.9 Å². The standard InChI is InChI=1S/C45H51ClN10O7/c1-26(2)55-34-7-4-29(18-28(34)19-36(43(55)62)63-25-38(58)47-3)49-39-33(46)23-48-44(51-39)54-12-10-45(11-13-54)21-27(22-45)24-52-14-16-53(17-15-52)30-5-6-31-32(20-30)42(61)56(41(31)60)35-8-9-37(57)50-40(35)59/h4-7,18-20,23,26-27,35H,8-17,21-22,24-25H2,1-3H3,(H,47,58)(H,48,49,51)(H,50,57,59). The van der Waals surface area contributed by atoms with Crippen molar-refractivity contribution in [2.75, 3.05) is 74.6 Å². The Kier molecular flexibility index (Phi) is 11.3. The van der Waals surface area contributed by atoms with E-state index in [1.54, 1.807) is 29.0 Å². The number of pyridine rings is 1. The number of piperazine rings is 1. The Morgan fingerprint density at radius 1 is 0.937 bits per heavy atom. The molecule has 0 bridgehead atoms. The second-order valence-corrected chi connectivity index (χ2v) is 18.1. The van der Waals surface area contributed by atoms with E-state index in [-0.39, 0.29) is 42.7 Å². The molecule has 63 heavy (non-hydrogen) atoms. The Labute approximate surface area is 369 Å². The Bertz CT molecular complexity index is 2570. The average molecular weight is 879 g/mol. The van der Waals surface area contributed by atoms with Crippen molar-refractivity contribution in [2.45, 2.75) is 64.5 Å². The van der Waals surface area contributed by atoms with Gasteiger partial charge in [0.15, 0.2) is 18.2 Å². The van der Waals surface area contributed by atoms with E-state index in [2.05, 4.69) is 35.6 Å². The fourth-order valence-corrected chi connectivity index (χ4v) is 10.2. The third-order valence-electron chi connectivity index (χ3n) is 13.4. The smallest absolute Gasteiger partial charge is 0.293 e. The molecule has 330 valence electrons. The fraction of sp³-hybridized carbons (Fsp3) is 0.467. The minimum atomic E-state index is -0.978. The predicted octanol–water partition coefficient (Wildman–Crippen LogP) is 4.11. The first-order chi connectivity index (χ1) is 30.3. The van der Waals surface area contributed by atoms with Crippen molar-refractivity contribution >= 4 is 75.2 Å². The zero-order valence-electron chi connectivity index (χ0n) is 35.6. The molecule has 5 aliphatic rings. The number of nitrogens with one attached hydrogen (secondary N) is 3. The number of rotatable bonds is 11. The Balaban J connectivity index is 0.766.